The zero-order valence-corrected chi connectivity index (χ0v) is 13.7. The lowest BCUT2D eigenvalue weighted by molar-refractivity contribution is 0.229. The van der Waals surface area contributed by atoms with Crippen molar-refractivity contribution < 1.29 is 5.11 Å². The van der Waals surface area contributed by atoms with Crippen molar-refractivity contribution in [3.05, 3.63) is 17.0 Å². The van der Waals surface area contributed by atoms with E-state index < -0.39 is 0 Å². The lowest BCUT2D eigenvalue weighted by atomic mass is 10.1. The van der Waals surface area contributed by atoms with Crippen LogP contribution in [0.1, 0.15) is 43.1 Å². The molecule has 0 spiro atoms. The van der Waals surface area contributed by atoms with Crippen LogP contribution in [0.25, 0.3) is 0 Å². The summed E-state index contributed by atoms with van der Waals surface area (Å²) in [6.45, 7) is 11.6. The van der Waals surface area contributed by atoms with Crippen molar-refractivity contribution in [1.29, 1.82) is 0 Å². The number of rotatable bonds is 8. The highest BCUT2D eigenvalue weighted by Gasteiger charge is 2.20. The molecule has 2 N–H and O–H groups in total. The maximum Gasteiger partial charge on any atom is 0.0644 e. The second-order valence-corrected chi connectivity index (χ2v) is 6.03. The standard InChI is InChI=1S/C16H30N4O/c1-4-15(19-7-5-6-8-19)11-17-12-16-13(2)18-20(9-10-21)14(16)3/h15,17,21H,4-12H2,1-3H3. The summed E-state index contributed by atoms with van der Waals surface area (Å²) in [5.74, 6) is 0. The molecule has 1 saturated heterocycles. The van der Waals surface area contributed by atoms with Crippen molar-refractivity contribution in [1.82, 2.24) is 20.0 Å². The second-order valence-electron chi connectivity index (χ2n) is 6.03. The molecule has 5 nitrogen and oxygen atoms in total. The molecule has 1 atom stereocenters. The molecule has 21 heavy (non-hydrogen) atoms. The third-order valence-electron chi connectivity index (χ3n) is 4.65. The number of aryl methyl sites for hydroxylation is 1. The summed E-state index contributed by atoms with van der Waals surface area (Å²) in [7, 11) is 0. The van der Waals surface area contributed by atoms with Crippen molar-refractivity contribution in [3.63, 3.8) is 0 Å². The van der Waals surface area contributed by atoms with Gasteiger partial charge >= 0.3 is 0 Å². The van der Waals surface area contributed by atoms with E-state index in [1.54, 1.807) is 0 Å². The van der Waals surface area contributed by atoms with Crippen LogP contribution in [0.5, 0.6) is 0 Å². The largest absolute Gasteiger partial charge is 0.394 e. The Morgan fingerprint density at radius 1 is 1.29 bits per heavy atom. The lowest BCUT2D eigenvalue weighted by Crippen LogP contribution is -2.40. The molecule has 0 aromatic carbocycles. The Morgan fingerprint density at radius 3 is 2.62 bits per heavy atom. The minimum absolute atomic E-state index is 0.141. The first-order chi connectivity index (χ1) is 10.2. The molecule has 1 unspecified atom stereocenters. The van der Waals surface area contributed by atoms with E-state index in [4.69, 9.17) is 5.11 Å². The number of hydrogen-bond donors (Lipinski definition) is 2. The zero-order valence-electron chi connectivity index (χ0n) is 13.7. The molecule has 1 aliphatic rings. The maximum absolute atomic E-state index is 9.06. The molecular formula is C16H30N4O. The molecule has 1 aromatic rings. The molecule has 1 aromatic heterocycles. The van der Waals surface area contributed by atoms with E-state index in [9.17, 15) is 0 Å². The molecule has 2 heterocycles. The van der Waals surface area contributed by atoms with E-state index in [2.05, 4.69) is 36.1 Å². The van der Waals surface area contributed by atoms with Crippen LogP contribution in [0, 0.1) is 13.8 Å². The van der Waals surface area contributed by atoms with E-state index in [0.29, 0.717) is 12.6 Å². The Labute approximate surface area is 128 Å². The summed E-state index contributed by atoms with van der Waals surface area (Å²) in [5.41, 5.74) is 3.52. The number of aromatic nitrogens is 2. The van der Waals surface area contributed by atoms with E-state index >= 15 is 0 Å². The molecule has 1 aliphatic heterocycles. The van der Waals surface area contributed by atoms with E-state index in [1.165, 1.54) is 43.6 Å². The summed E-state index contributed by atoms with van der Waals surface area (Å²) in [6, 6.07) is 0.653. The fourth-order valence-corrected chi connectivity index (χ4v) is 3.30. The number of likely N-dealkylation sites (tertiary alicyclic amines) is 1. The highest BCUT2D eigenvalue weighted by atomic mass is 16.3. The second kappa shape index (κ2) is 7.92. The van der Waals surface area contributed by atoms with Crippen molar-refractivity contribution in [2.75, 3.05) is 26.2 Å². The first-order valence-electron chi connectivity index (χ1n) is 8.25. The van der Waals surface area contributed by atoms with Gasteiger partial charge in [0.25, 0.3) is 0 Å². The third kappa shape index (κ3) is 4.05. The van der Waals surface area contributed by atoms with Gasteiger partial charge in [-0.15, -0.1) is 0 Å². The zero-order chi connectivity index (χ0) is 15.2. The van der Waals surface area contributed by atoms with Gasteiger partial charge in [-0.1, -0.05) is 6.92 Å². The molecule has 0 radical (unpaired) electrons. The first-order valence-corrected chi connectivity index (χ1v) is 8.25. The molecule has 1 fully saturated rings. The Bertz CT molecular complexity index is 438. The molecule has 0 bridgehead atoms. The van der Waals surface area contributed by atoms with Crippen molar-refractivity contribution in [2.24, 2.45) is 0 Å². The van der Waals surface area contributed by atoms with Crippen LogP contribution in [-0.4, -0.2) is 52.1 Å². The van der Waals surface area contributed by atoms with Gasteiger partial charge in [0.05, 0.1) is 18.8 Å². The van der Waals surface area contributed by atoms with Gasteiger partial charge in [-0.3, -0.25) is 9.58 Å². The van der Waals surface area contributed by atoms with Gasteiger partial charge in [0.1, 0.15) is 0 Å². The molecular weight excluding hydrogens is 264 g/mol. The van der Waals surface area contributed by atoms with Crippen molar-refractivity contribution in [3.8, 4) is 0 Å². The number of aliphatic hydroxyl groups is 1. The Hall–Kier alpha value is -0.910. The minimum Gasteiger partial charge on any atom is -0.394 e. The first kappa shape index (κ1) is 16.5. The predicted octanol–water partition coefficient (Wildman–Crippen LogP) is 1.46. The monoisotopic (exact) mass is 294 g/mol. The van der Waals surface area contributed by atoms with Gasteiger partial charge < -0.3 is 10.4 Å². The van der Waals surface area contributed by atoms with Gasteiger partial charge in [0.15, 0.2) is 0 Å². The Morgan fingerprint density at radius 2 is 2.00 bits per heavy atom. The predicted molar refractivity (Wildman–Crippen MR) is 85.4 cm³/mol. The molecule has 0 aliphatic carbocycles. The molecule has 0 saturated carbocycles. The average Bonchev–Trinajstić information content (AvgIpc) is 3.08. The quantitative estimate of drug-likeness (QED) is 0.762. The van der Waals surface area contributed by atoms with Crippen LogP contribution < -0.4 is 5.32 Å². The number of nitrogens with one attached hydrogen (secondary N) is 1. The summed E-state index contributed by atoms with van der Waals surface area (Å²) in [6.07, 6.45) is 3.90. The summed E-state index contributed by atoms with van der Waals surface area (Å²) in [4.78, 5) is 2.61. The SMILES string of the molecule is CCC(CNCc1c(C)nn(CCO)c1C)N1CCCC1. The number of nitrogens with zero attached hydrogens (tertiary/aromatic N) is 3. The van der Waals surface area contributed by atoms with E-state index in [-0.39, 0.29) is 6.61 Å². The third-order valence-corrected chi connectivity index (χ3v) is 4.65. The van der Waals surface area contributed by atoms with Crippen LogP contribution >= 0.6 is 0 Å². The molecule has 0 amide bonds. The smallest absolute Gasteiger partial charge is 0.0644 e. The summed E-state index contributed by atoms with van der Waals surface area (Å²) in [5, 5.41) is 17.2. The highest BCUT2D eigenvalue weighted by molar-refractivity contribution is 5.24. The van der Waals surface area contributed by atoms with Crippen LogP contribution in [0.4, 0.5) is 0 Å². The van der Waals surface area contributed by atoms with E-state index in [1.807, 2.05) is 4.68 Å². The Kier molecular flexibility index (Phi) is 6.21. The van der Waals surface area contributed by atoms with Crippen LogP contribution in [0.3, 0.4) is 0 Å². The maximum atomic E-state index is 9.06. The number of hydrogen-bond acceptors (Lipinski definition) is 4. The fraction of sp³-hybridized carbons (Fsp3) is 0.812. The fourth-order valence-electron chi connectivity index (χ4n) is 3.30. The summed E-state index contributed by atoms with van der Waals surface area (Å²) < 4.78 is 1.91. The molecule has 5 heteroatoms. The molecule has 2 rings (SSSR count). The average molecular weight is 294 g/mol. The van der Waals surface area contributed by atoms with Gasteiger partial charge in [0.2, 0.25) is 0 Å². The normalized spacial score (nSPS) is 17.5. The lowest BCUT2D eigenvalue weighted by Gasteiger charge is -2.26. The minimum atomic E-state index is 0.141. The Balaban J connectivity index is 1.87. The van der Waals surface area contributed by atoms with Gasteiger partial charge in [-0.05, 0) is 46.2 Å². The highest BCUT2D eigenvalue weighted by Crippen LogP contribution is 2.15. The summed E-state index contributed by atoms with van der Waals surface area (Å²) >= 11 is 0. The van der Waals surface area contributed by atoms with Crippen molar-refractivity contribution in [2.45, 2.75) is 59.2 Å². The molecule has 120 valence electrons. The van der Waals surface area contributed by atoms with Crippen molar-refractivity contribution >= 4 is 0 Å². The van der Waals surface area contributed by atoms with Crippen LogP contribution in [0.2, 0.25) is 0 Å². The van der Waals surface area contributed by atoms with Crippen LogP contribution in [0.15, 0.2) is 0 Å². The van der Waals surface area contributed by atoms with Crippen LogP contribution in [-0.2, 0) is 13.1 Å². The van der Waals surface area contributed by atoms with Gasteiger partial charge in [-0.25, -0.2) is 0 Å². The van der Waals surface area contributed by atoms with Gasteiger partial charge in [0, 0.05) is 30.4 Å². The number of aliphatic hydroxyl groups excluding tert-OH is 1. The topological polar surface area (TPSA) is 53.3 Å². The van der Waals surface area contributed by atoms with Gasteiger partial charge in [-0.2, -0.15) is 5.10 Å². The van der Waals surface area contributed by atoms with E-state index in [0.717, 1.165) is 18.8 Å².